The minimum Gasteiger partial charge on any atom is -0.461 e. The zero-order chi connectivity index (χ0) is 12.0. The third kappa shape index (κ3) is 1.44. The molecule has 0 radical (unpaired) electrons. The molecule has 1 saturated carbocycles. The number of primary amides is 1. The molecule has 3 rings (SSSR count). The fraction of sp³-hybridized carbons (Fsp3) is 0.385. The van der Waals surface area contributed by atoms with Crippen molar-refractivity contribution >= 4 is 16.9 Å². The van der Waals surface area contributed by atoms with Gasteiger partial charge < -0.3 is 10.2 Å². The Labute approximate surface area is 98.8 Å². The molecule has 1 amide bonds. The molecule has 0 spiro atoms. The molecule has 0 saturated heterocycles. The predicted molar refractivity (Wildman–Crippen MR) is 63.3 cm³/mol. The summed E-state index contributed by atoms with van der Waals surface area (Å²) in [5.41, 5.74) is 5.89. The molecule has 4 nitrogen and oxygen atoms in total. The van der Waals surface area contributed by atoms with Crippen molar-refractivity contribution in [2.24, 2.45) is 11.1 Å². The van der Waals surface area contributed by atoms with Gasteiger partial charge in [-0.3, -0.25) is 9.78 Å². The van der Waals surface area contributed by atoms with Crippen LogP contribution in [0.5, 0.6) is 0 Å². The Kier molecular flexibility index (Phi) is 2.02. The Morgan fingerprint density at radius 1 is 1.59 bits per heavy atom. The lowest BCUT2D eigenvalue weighted by molar-refractivity contribution is -0.123. The number of carbonyl (C=O) groups excluding carboxylic acids is 1. The van der Waals surface area contributed by atoms with Crippen molar-refractivity contribution in [2.75, 3.05) is 0 Å². The van der Waals surface area contributed by atoms with Gasteiger partial charge in [0.2, 0.25) is 5.91 Å². The third-order valence-electron chi connectivity index (χ3n) is 3.87. The predicted octanol–water partition coefficient (Wildman–Crippen LogP) is 2.20. The number of nitrogens with two attached hydrogens (primary N) is 1. The summed E-state index contributed by atoms with van der Waals surface area (Å²) in [7, 11) is 0. The van der Waals surface area contributed by atoms with Crippen molar-refractivity contribution in [1.82, 2.24) is 4.98 Å². The van der Waals surface area contributed by atoms with E-state index >= 15 is 0 Å². The molecule has 2 N–H and O–H groups in total. The molecule has 1 aliphatic carbocycles. The standard InChI is InChI=1S/C13H14N2O2/c1-8(13(3-4-13)12(14)16)11-6-9-7-15-5-2-10(9)17-11/h2,5-8H,3-4H2,1H3,(H2,14,16)/t8-/m1/s1. The average Bonchev–Trinajstić information content (AvgIpc) is 3.02. The molecule has 2 aromatic heterocycles. The summed E-state index contributed by atoms with van der Waals surface area (Å²) in [6, 6.07) is 3.78. The number of rotatable bonds is 3. The third-order valence-corrected chi connectivity index (χ3v) is 3.87. The van der Waals surface area contributed by atoms with Gasteiger partial charge in [-0.05, 0) is 25.0 Å². The fourth-order valence-electron chi connectivity index (χ4n) is 2.42. The number of furan rings is 1. The minimum atomic E-state index is -0.388. The first-order valence-corrected chi connectivity index (χ1v) is 5.77. The lowest BCUT2D eigenvalue weighted by Crippen LogP contribution is -2.29. The summed E-state index contributed by atoms with van der Waals surface area (Å²) in [5.74, 6) is 0.639. The molecule has 1 fully saturated rings. The summed E-state index contributed by atoms with van der Waals surface area (Å²) >= 11 is 0. The minimum absolute atomic E-state index is 0.0346. The molecule has 88 valence electrons. The highest BCUT2D eigenvalue weighted by Gasteiger charge is 2.54. The van der Waals surface area contributed by atoms with Gasteiger partial charge in [0.25, 0.3) is 0 Å². The van der Waals surface area contributed by atoms with E-state index < -0.39 is 0 Å². The van der Waals surface area contributed by atoms with Crippen molar-refractivity contribution in [3.8, 4) is 0 Å². The Balaban J connectivity index is 2.01. The second-order valence-corrected chi connectivity index (χ2v) is 4.80. The SMILES string of the molecule is C[C@H](c1cc2cnccc2o1)C1(C(N)=O)CC1. The first-order chi connectivity index (χ1) is 8.13. The van der Waals surface area contributed by atoms with E-state index in [1.54, 1.807) is 12.4 Å². The van der Waals surface area contributed by atoms with Crippen molar-refractivity contribution in [2.45, 2.75) is 25.7 Å². The summed E-state index contributed by atoms with van der Waals surface area (Å²) in [5, 5.41) is 0.967. The normalized spacial score (nSPS) is 19.1. The molecule has 17 heavy (non-hydrogen) atoms. The summed E-state index contributed by atoms with van der Waals surface area (Å²) in [6.45, 7) is 2.00. The maximum absolute atomic E-state index is 11.5. The van der Waals surface area contributed by atoms with E-state index in [2.05, 4.69) is 4.98 Å². The van der Waals surface area contributed by atoms with Gasteiger partial charge in [-0.1, -0.05) is 6.92 Å². The lowest BCUT2D eigenvalue weighted by atomic mass is 9.88. The highest BCUT2D eigenvalue weighted by atomic mass is 16.3. The van der Waals surface area contributed by atoms with Crippen molar-refractivity contribution in [3.05, 3.63) is 30.3 Å². The van der Waals surface area contributed by atoms with Gasteiger partial charge in [0, 0.05) is 23.7 Å². The lowest BCUT2D eigenvalue weighted by Gasteiger charge is -2.17. The molecule has 2 heterocycles. The van der Waals surface area contributed by atoms with Crippen LogP contribution in [0.2, 0.25) is 0 Å². The zero-order valence-electron chi connectivity index (χ0n) is 9.64. The Morgan fingerprint density at radius 3 is 2.94 bits per heavy atom. The van der Waals surface area contributed by atoms with Crippen LogP contribution in [0.1, 0.15) is 31.4 Å². The molecule has 4 heteroatoms. The number of pyridine rings is 1. The molecule has 0 aromatic carbocycles. The number of hydrogen-bond donors (Lipinski definition) is 1. The first kappa shape index (κ1) is 10.3. The molecule has 0 unspecified atom stereocenters. The highest BCUT2D eigenvalue weighted by Crippen LogP contribution is 2.56. The number of hydrogen-bond acceptors (Lipinski definition) is 3. The van der Waals surface area contributed by atoms with Crippen molar-refractivity contribution in [1.29, 1.82) is 0 Å². The van der Waals surface area contributed by atoms with E-state index in [0.29, 0.717) is 0 Å². The smallest absolute Gasteiger partial charge is 0.224 e. The number of amides is 1. The van der Waals surface area contributed by atoms with Gasteiger partial charge in [-0.25, -0.2) is 0 Å². The first-order valence-electron chi connectivity index (χ1n) is 5.77. The van der Waals surface area contributed by atoms with Gasteiger partial charge >= 0.3 is 0 Å². The molecule has 1 atom stereocenters. The quantitative estimate of drug-likeness (QED) is 0.878. The van der Waals surface area contributed by atoms with Crippen molar-refractivity contribution in [3.63, 3.8) is 0 Å². The Bertz CT molecular complexity index is 551. The maximum atomic E-state index is 11.5. The van der Waals surface area contributed by atoms with E-state index in [0.717, 1.165) is 29.6 Å². The van der Waals surface area contributed by atoms with E-state index in [-0.39, 0.29) is 17.2 Å². The second-order valence-electron chi connectivity index (χ2n) is 4.80. The van der Waals surface area contributed by atoms with Crippen LogP contribution < -0.4 is 5.73 Å². The van der Waals surface area contributed by atoms with Gasteiger partial charge in [0.15, 0.2) is 0 Å². The zero-order valence-corrected chi connectivity index (χ0v) is 9.64. The number of nitrogens with zero attached hydrogens (tertiary/aromatic N) is 1. The van der Waals surface area contributed by atoms with E-state index in [4.69, 9.17) is 10.2 Å². The monoisotopic (exact) mass is 230 g/mol. The van der Waals surface area contributed by atoms with Crippen LogP contribution in [0.25, 0.3) is 11.0 Å². The molecular weight excluding hydrogens is 216 g/mol. The van der Waals surface area contributed by atoms with Gasteiger partial charge in [-0.15, -0.1) is 0 Å². The summed E-state index contributed by atoms with van der Waals surface area (Å²) in [4.78, 5) is 15.5. The van der Waals surface area contributed by atoms with E-state index in [1.807, 2.05) is 19.1 Å². The van der Waals surface area contributed by atoms with Crippen LogP contribution >= 0.6 is 0 Å². The van der Waals surface area contributed by atoms with Gasteiger partial charge in [0.1, 0.15) is 11.3 Å². The fourth-order valence-corrected chi connectivity index (χ4v) is 2.42. The Morgan fingerprint density at radius 2 is 2.35 bits per heavy atom. The molecule has 2 aromatic rings. The summed E-state index contributed by atoms with van der Waals surface area (Å²) < 4.78 is 5.76. The number of fused-ring (bicyclic) bond motifs is 1. The number of carbonyl (C=O) groups is 1. The van der Waals surface area contributed by atoms with Crippen LogP contribution in [0.4, 0.5) is 0 Å². The van der Waals surface area contributed by atoms with Crippen molar-refractivity contribution < 1.29 is 9.21 Å². The largest absolute Gasteiger partial charge is 0.461 e. The summed E-state index contributed by atoms with van der Waals surface area (Å²) in [6.07, 6.45) is 5.18. The van der Waals surface area contributed by atoms with Crippen LogP contribution in [0, 0.1) is 5.41 Å². The average molecular weight is 230 g/mol. The van der Waals surface area contributed by atoms with Crippen LogP contribution in [0.15, 0.2) is 28.9 Å². The highest BCUT2D eigenvalue weighted by molar-refractivity contribution is 5.85. The topological polar surface area (TPSA) is 69.1 Å². The second kappa shape index (κ2) is 3.32. The molecule has 0 aliphatic heterocycles. The molecular formula is C13H14N2O2. The van der Waals surface area contributed by atoms with Crippen LogP contribution in [-0.2, 0) is 4.79 Å². The Hall–Kier alpha value is -1.84. The maximum Gasteiger partial charge on any atom is 0.224 e. The molecule has 0 bridgehead atoms. The van der Waals surface area contributed by atoms with E-state index in [1.165, 1.54) is 0 Å². The van der Waals surface area contributed by atoms with Gasteiger partial charge in [-0.2, -0.15) is 0 Å². The van der Waals surface area contributed by atoms with Crippen LogP contribution in [-0.4, -0.2) is 10.9 Å². The molecule has 1 aliphatic rings. The van der Waals surface area contributed by atoms with Gasteiger partial charge in [0.05, 0.1) is 5.41 Å². The number of aromatic nitrogens is 1. The van der Waals surface area contributed by atoms with E-state index in [9.17, 15) is 4.79 Å². The van der Waals surface area contributed by atoms with Crippen LogP contribution in [0.3, 0.4) is 0 Å².